The van der Waals surface area contributed by atoms with Crippen molar-refractivity contribution in [1.82, 2.24) is 0 Å². The van der Waals surface area contributed by atoms with Gasteiger partial charge in [0.15, 0.2) is 0 Å². The zero-order chi connectivity index (χ0) is 18.0. The van der Waals surface area contributed by atoms with Crippen molar-refractivity contribution in [2.75, 3.05) is 5.32 Å². The quantitative estimate of drug-likeness (QED) is 0.586. The Labute approximate surface area is 159 Å². The fourth-order valence-corrected chi connectivity index (χ4v) is 3.82. The molecule has 3 nitrogen and oxygen atoms in total. The van der Waals surface area contributed by atoms with Crippen molar-refractivity contribution >= 4 is 45.4 Å². The number of benzene rings is 2. The molecule has 124 valence electrons. The fourth-order valence-electron chi connectivity index (χ4n) is 2.50. The summed E-state index contributed by atoms with van der Waals surface area (Å²) < 4.78 is 0. The topological polar surface area (TPSA) is 52.9 Å². The minimum absolute atomic E-state index is 0.308. The van der Waals surface area contributed by atoms with Crippen LogP contribution in [0.5, 0.6) is 0 Å². The zero-order valence-corrected chi connectivity index (χ0v) is 15.5. The molecule has 0 radical (unpaired) electrons. The summed E-state index contributed by atoms with van der Waals surface area (Å²) in [5.74, 6) is -0.337. The monoisotopic (exact) mass is 386 g/mol. The van der Waals surface area contributed by atoms with Gasteiger partial charge in [-0.05, 0) is 30.7 Å². The molecule has 0 aliphatic heterocycles. The molecule has 0 saturated carbocycles. The van der Waals surface area contributed by atoms with Gasteiger partial charge in [-0.2, -0.15) is 5.26 Å². The number of amides is 1. The number of anilines is 1. The third-order valence-corrected chi connectivity index (χ3v) is 5.43. The van der Waals surface area contributed by atoms with Gasteiger partial charge in [-0.15, -0.1) is 11.3 Å². The maximum Gasteiger partial charge on any atom is 0.256 e. The SMILES string of the molecule is Cc1sc(NC(=O)c2ccc(Cl)c(Cl)c2)c(C#N)c1-c1ccccc1. The van der Waals surface area contributed by atoms with E-state index in [0.29, 0.717) is 26.2 Å². The van der Waals surface area contributed by atoms with Crippen molar-refractivity contribution in [3.05, 3.63) is 74.6 Å². The average Bonchev–Trinajstić information content (AvgIpc) is 2.93. The van der Waals surface area contributed by atoms with E-state index in [-0.39, 0.29) is 5.91 Å². The predicted molar refractivity (Wildman–Crippen MR) is 104 cm³/mol. The molecule has 6 heteroatoms. The van der Waals surface area contributed by atoms with Crippen molar-refractivity contribution in [2.24, 2.45) is 0 Å². The summed E-state index contributed by atoms with van der Waals surface area (Å²) in [6.07, 6.45) is 0. The van der Waals surface area contributed by atoms with Gasteiger partial charge in [-0.1, -0.05) is 53.5 Å². The lowest BCUT2D eigenvalue weighted by Crippen LogP contribution is -2.11. The van der Waals surface area contributed by atoms with Gasteiger partial charge in [-0.3, -0.25) is 4.79 Å². The second-order valence-corrected chi connectivity index (χ2v) is 7.34. The maximum atomic E-state index is 12.5. The highest BCUT2D eigenvalue weighted by Gasteiger charge is 2.19. The number of nitriles is 1. The molecule has 1 aromatic heterocycles. The number of hydrogen-bond acceptors (Lipinski definition) is 3. The summed E-state index contributed by atoms with van der Waals surface area (Å²) in [7, 11) is 0. The van der Waals surface area contributed by atoms with E-state index >= 15 is 0 Å². The standard InChI is InChI=1S/C19H12Cl2N2OS/c1-11-17(12-5-3-2-4-6-12)14(10-22)19(25-11)23-18(24)13-7-8-15(20)16(21)9-13/h2-9H,1H3,(H,23,24). The van der Waals surface area contributed by atoms with Crippen LogP contribution in [-0.4, -0.2) is 5.91 Å². The maximum absolute atomic E-state index is 12.5. The summed E-state index contributed by atoms with van der Waals surface area (Å²) in [4.78, 5) is 13.5. The second kappa shape index (κ2) is 7.28. The molecule has 25 heavy (non-hydrogen) atoms. The molecule has 1 heterocycles. The smallest absolute Gasteiger partial charge is 0.256 e. The minimum atomic E-state index is -0.337. The molecule has 0 aliphatic rings. The van der Waals surface area contributed by atoms with Crippen LogP contribution in [0.15, 0.2) is 48.5 Å². The van der Waals surface area contributed by atoms with Crippen molar-refractivity contribution in [3.8, 4) is 17.2 Å². The first kappa shape index (κ1) is 17.5. The Balaban J connectivity index is 1.97. The van der Waals surface area contributed by atoms with Gasteiger partial charge >= 0.3 is 0 Å². The van der Waals surface area contributed by atoms with Gasteiger partial charge in [0, 0.05) is 16.0 Å². The van der Waals surface area contributed by atoms with E-state index in [4.69, 9.17) is 23.2 Å². The molecule has 0 bridgehead atoms. The lowest BCUT2D eigenvalue weighted by Gasteiger charge is -2.05. The normalized spacial score (nSPS) is 10.3. The van der Waals surface area contributed by atoms with Crippen molar-refractivity contribution in [2.45, 2.75) is 6.92 Å². The molecule has 0 atom stereocenters. The van der Waals surface area contributed by atoms with E-state index in [1.807, 2.05) is 37.3 Å². The summed E-state index contributed by atoms with van der Waals surface area (Å²) in [5, 5.41) is 13.6. The summed E-state index contributed by atoms with van der Waals surface area (Å²) in [6.45, 7) is 1.93. The Morgan fingerprint density at radius 1 is 1.12 bits per heavy atom. The van der Waals surface area contributed by atoms with Gasteiger partial charge in [0.25, 0.3) is 5.91 Å². The Kier molecular flexibility index (Phi) is 5.10. The first-order chi connectivity index (χ1) is 12.0. The number of hydrogen-bond donors (Lipinski definition) is 1. The van der Waals surface area contributed by atoms with E-state index in [1.165, 1.54) is 17.4 Å². The minimum Gasteiger partial charge on any atom is -0.312 e. The van der Waals surface area contributed by atoms with E-state index in [1.54, 1.807) is 12.1 Å². The number of halogens is 2. The molecular formula is C19H12Cl2N2OS. The van der Waals surface area contributed by atoms with Gasteiger partial charge in [0.05, 0.1) is 15.6 Å². The van der Waals surface area contributed by atoms with Crippen LogP contribution in [0.3, 0.4) is 0 Å². The number of nitrogens with zero attached hydrogens (tertiary/aromatic N) is 1. The zero-order valence-electron chi connectivity index (χ0n) is 13.1. The lowest BCUT2D eigenvalue weighted by atomic mass is 10.0. The highest BCUT2D eigenvalue weighted by atomic mass is 35.5. The first-order valence-corrected chi connectivity index (χ1v) is 8.94. The van der Waals surface area contributed by atoms with E-state index < -0.39 is 0 Å². The number of nitrogens with one attached hydrogen (secondary N) is 1. The molecule has 3 rings (SSSR count). The summed E-state index contributed by atoms with van der Waals surface area (Å²) in [6, 6.07) is 16.5. The molecule has 3 aromatic rings. The van der Waals surface area contributed by atoms with Gasteiger partial charge < -0.3 is 5.32 Å². The van der Waals surface area contributed by atoms with E-state index in [9.17, 15) is 10.1 Å². The molecule has 0 aliphatic carbocycles. The second-order valence-electron chi connectivity index (χ2n) is 5.30. The third kappa shape index (κ3) is 3.54. The Morgan fingerprint density at radius 3 is 2.48 bits per heavy atom. The number of carbonyl (C=O) groups excluding carboxylic acids is 1. The first-order valence-electron chi connectivity index (χ1n) is 7.36. The van der Waals surface area contributed by atoms with E-state index in [0.717, 1.165) is 16.0 Å². The van der Waals surface area contributed by atoms with Crippen molar-refractivity contribution < 1.29 is 4.79 Å². The molecule has 0 unspecified atom stereocenters. The van der Waals surface area contributed by atoms with Crippen molar-refractivity contribution in [3.63, 3.8) is 0 Å². The average molecular weight is 387 g/mol. The van der Waals surface area contributed by atoms with Crippen LogP contribution in [0.1, 0.15) is 20.8 Å². The highest BCUT2D eigenvalue weighted by molar-refractivity contribution is 7.17. The molecule has 0 fully saturated rings. The lowest BCUT2D eigenvalue weighted by molar-refractivity contribution is 0.102. The Morgan fingerprint density at radius 2 is 1.84 bits per heavy atom. The van der Waals surface area contributed by atoms with Crippen LogP contribution < -0.4 is 5.32 Å². The summed E-state index contributed by atoms with van der Waals surface area (Å²) >= 11 is 13.2. The number of thiophene rings is 1. The fraction of sp³-hybridized carbons (Fsp3) is 0.0526. The molecule has 2 aromatic carbocycles. The number of rotatable bonds is 3. The van der Waals surface area contributed by atoms with Gasteiger partial charge in [-0.25, -0.2) is 0 Å². The molecule has 0 spiro atoms. The predicted octanol–water partition coefficient (Wildman–Crippen LogP) is 6.15. The van der Waals surface area contributed by atoms with Crippen LogP contribution in [0, 0.1) is 18.3 Å². The molecule has 1 amide bonds. The van der Waals surface area contributed by atoms with Gasteiger partial charge in [0.1, 0.15) is 11.1 Å². The summed E-state index contributed by atoms with van der Waals surface area (Å²) in [5.41, 5.74) is 2.63. The van der Waals surface area contributed by atoms with Crippen LogP contribution in [-0.2, 0) is 0 Å². The van der Waals surface area contributed by atoms with Crippen LogP contribution in [0.2, 0.25) is 10.0 Å². The highest BCUT2D eigenvalue weighted by Crippen LogP contribution is 2.39. The Hall–Kier alpha value is -2.32. The van der Waals surface area contributed by atoms with Gasteiger partial charge in [0.2, 0.25) is 0 Å². The number of carbonyl (C=O) groups is 1. The third-order valence-electron chi connectivity index (χ3n) is 3.67. The number of aryl methyl sites for hydroxylation is 1. The van der Waals surface area contributed by atoms with Crippen LogP contribution in [0.25, 0.3) is 11.1 Å². The Bertz CT molecular complexity index is 991. The molecule has 1 N–H and O–H groups in total. The molecular weight excluding hydrogens is 375 g/mol. The van der Waals surface area contributed by atoms with E-state index in [2.05, 4.69) is 11.4 Å². The molecule has 0 saturated heterocycles. The largest absolute Gasteiger partial charge is 0.312 e. The van der Waals surface area contributed by atoms with Crippen LogP contribution in [0.4, 0.5) is 5.00 Å². The van der Waals surface area contributed by atoms with Crippen molar-refractivity contribution in [1.29, 1.82) is 5.26 Å². The van der Waals surface area contributed by atoms with Crippen LogP contribution >= 0.6 is 34.5 Å².